The normalized spacial score (nSPS) is 20.9. The van der Waals surface area contributed by atoms with Crippen molar-refractivity contribution in [1.29, 1.82) is 0 Å². The minimum atomic E-state index is -0.464. The van der Waals surface area contributed by atoms with Crippen molar-refractivity contribution in [3.8, 4) is 5.75 Å². The summed E-state index contributed by atoms with van der Waals surface area (Å²) in [7, 11) is 0. The minimum absolute atomic E-state index is 0.0150. The molecule has 2 atom stereocenters. The van der Waals surface area contributed by atoms with Gasteiger partial charge < -0.3 is 19.7 Å². The number of nitro benzene ring substituents is 1. The minimum Gasteiger partial charge on any atom is -0.492 e. The first-order valence-corrected chi connectivity index (χ1v) is 7.51. The zero-order valence-corrected chi connectivity index (χ0v) is 13.2. The third-order valence-corrected chi connectivity index (χ3v) is 3.40. The topological polar surface area (TPSA) is 93.9 Å². The van der Waals surface area contributed by atoms with E-state index in [-0.39, 0.29) is 23.9 Å². The maximum atomic E-state index is 12.0. The van der Waals surface area contributed by atoms with Crippen molar-refractivity contribution in [2.45, 2.75) is 26.1 Å². The lowest BCUT2D eigenvalue weighted by Crippen LogP contribution is -2.52. The number of morpholine rings is 1. The van der Waals surface area contributed by atoms with E-state index in [0.29, 0.717) is 32.0 Å². The molecule has 1 aliphatic rings. The molecule has 1 aliphatic heterocycles. The maximum absolute atomic E-state index is 12.0. The number of ether oxygens (including phenoxy) is 2. The Balaban J connectivity index is 1.70. The second-order valence-electron chi connectivity index (χ2n) is 5.49. The average molecular weight is 323 g/mol. The highest BCUT2D eigenvalue weighted by molar-refractivity contribution is 5.74. The van der Waals surface area contributed by atoms with E-state index in [1.165, 1.54) is 24.3 Å². The van der Waals surface area contributed by atoms with Crippen molar-refractivity contribution in [2.75, 3.05) is 26.2 Å². The highest BCUT2D eigenvalue weighted by Gasteiger charge is 2.25. The fourth-order valence-electron chi connectivity index (χ4n) is 2.45. The summed E-state index contributed by atoms with van der Waals surface area (Å²) in [4.78, 5) is 23.9. The first-order valence-electron chi connectivity index (χ1n) is 7.51. The Hall–Kier alpha value is -2.35. The molecule has 0 radical (unpaired) electrons. The standard InChI is InChI=1S/C15H21N3O5/c1-11-9-17(10-12(2)23-11)15(19)16-7-8-22-14-5-3-13(4-6-14)18(20)21/h3-6,11-12H,7-10H2,1-2H3,(H,16,19)/t11-,12+. The molecule has 0 saturated carbocycles. The third kappa shape index (κ3) is 5.10. The van der Waals surface area contributed by atoms with Gasteiger partial charge in [-0.1, -0.05) is 0 Å². The molecular weight excluding hydrogens is 302 g/mol. The Bertz CT molecular complexity index is 539. The van der Waals surface area contributed by atoms with Gasteiger partial charge >= 0.3 is 6.03 Å². The van der Waals surface area contributed by atoms with Gasteiger partial charge in [-0.15, -0.1) is 0 Å². The molecule has 0 spiro atoms. The summed E-state index contributed by atoms with van der Waals surface area (Å²) in [5.41, 5.74) is 0.0150. The van der Waals surface area contributed by atoms with Gasteiger partial charge in [-0.2, -0.15) is 0 Å². The van der Waals surface area contributed by atoms with Crippen LogP contribution in [0.25, 0.3) is 0 Å². The fourth-order valence-corrected chi connectivity index (χ4v) is 2.45. The van der Waals surface area contributed by atoms with Crippen LogP contribution >= 0.6 is 0 Å². The van der Waals surface area contributed by atoms with Crippen LogP contribution in [0.2, 0.25) is 0 Å². The fraction of sp³-hybridized carbons (Fsp3) is 0.533. The van der Waals surface area contributed by atoms with Crippen LogP contribution in [0.1, 0.15) is 13.8 Å². The van der Waals surface area contributed by atoms with Crippen molar-refractivity contribution in [1.82, 2.24) is 10.2 Å². The second-order valence-corrected chi connectivity index (χ2v) is 5.49. The van der Waals surface area contributed by atoms with Gasteiger partial charge in [0.1, 0.15) is 12.4 Å². The van der Waals surface area contributed by atoms with E-state index in [2.05, 4.69) is 5.32 Å². The van der Waals surface area contributed by atoms with Gasteiger partial charge in [0.15, 0.2) is 0 Å². The van der Waals surface area contributed by atoms with Crippen LogP contribution in [-0.4, -0.2) is 54.3 Å². The Labute approximate surface area is 134 Å². The van der Waals surface area contributed by atoms with E-state index in [1.807, 2.05) is 13.8 Å². The molecule has 1 heterocycles. The summed E-state index contributed by atoms with van der Waals surface area (Å²) in [6.45, 7) is 5.66. The van der Waals surface area contributed by atoms with E-state index in [9.17, 15) is 14.9 Å². The van der Waals surface area contributed by atoms with Crippen molar-refractivity contribution < 1.29 is 19.2 Å². The van der Waals surface area contributed by atoms with Gasteiger partial charge in [0, 0.05) is 25.2 Å². The number of non-ortho nitro benzene ring substituents is 1. The van der Waals surface area contributed by atoms with E-state index in [4.69, 9.17) is 9.47 Å². The first-order chi connectivity index (χ1) is 11.0. The SMILES string of the molecule is C[C@@H]1CN(C(=O)NCCOc2ccc([N+](=O)[O-])cc2)C[C@H](C)O1. The molecule has 2 rings (SSSR count). The number of rotatable bonds is 5. The van der Waals surface area contributed by atoms with Crippen molar-refractivity contribution in [2.24, 2.45) is 0 Å². The van der Waals surface area contributed by atoms with Crippen LogP contribution in [-0.2, 0) is 4.74 Å². The van der Waals surface area contributed by atoms with Crippen LogP contribution < -0.4 is 10.1 Å². The number of hydrogen-bond acceptors (Lipinski definition) is 5. The van der Waals surface area contributed by atoms with Crippen molar-refractivity contribution in [3.05, 3.63) is 34.4 Å². The Morgan fingerprint density at radius 3 is 2.52 bits per heavy atom. The van der Waals surface area contributed by atoms with Crippen LogP contribution in [0.4, 0.5) is 10.5 Å². The second kappa shape index (κ2) is 7.77. The zero-order chi connectivity index (χ0) is 16.8. The van der Waals surface area contributed by atoms with E-state index in [0.717, 1.165) is 0 Å². The molecule has 1 saturated heterocycles. The third-order valence-electron chi connectivity index (χ3n) is 3.40. The molecule has 1 N–H and O–H groups in total. The molecule has 0 unspecified atom stereocenters. The monoisotopic (exact) mass is 323 g/mol. The highest BCUT2D eigenvalue weighted by atomic mass is 16.6. The van der Waals surface area contributed by atoms with Crippen LogP contribution in [0.15, 0.2) is 24.3 Å². The number of carbonyl (C=O) groups is 1. The average Bonchev–Trinajstić information content (AvgIpc) is 2.50. The number of amides is 2. The molecule has 8 heteroatoms. The number of nitrogens with one attached hydrogen (secondary N) is 1. The van der Waals surface area contributed by atoms with E-state index >= 15 is 0 Å². The Morgan fingerprint density at radius 1 is 1.35 bits per heavy atom. The lowest BCUT2D eigenvalue weighted by atomic mass is 10.2. The summed E-state index contributed by atoms with van der Waals surface area (Å²) in [5, 5.41) is 13.3. The predicted octanol–water partition coefficient (Wildman–Crippen LogP) is 1.79. The molecule has 1 aromatic carbocycles. The summed E-state index contributed by atoms with van der Waals surface area (Å²) < 4.78 is 11.0. The molecule has 8 nitrogen and oxygen atoms in total. The summed E-state index contributed by atoms with van der Waals surface area (Å²) in [6.07, 6.45) is 0.0571. The summed E-state index contributed by atoms with van der Waals surface area (Å²) >= 11 is 0. The number of benzene rings is 1. The van der Waals surface area contributed by atoms with Crippen LogP contribution in [0.3, 0.4) is 0 Å². The molecular formula is C15H21N3O5. The molecule has 0 aliphatic carbocycles. The number of hydrogen-bond donors (Lipinski definition) is 1. The molecule has 1 fully saturated rings. The molecule has 23 heavy (non-hydrogen) atoms. The summed E-state index contributed by atoms with van der Waals surface area (Å²) in [5.74, 6) is 0.526. The van der Waals surface area contributed by atoms with E-state index in [1.54, 1.807) is 4.90 Å². The highest BCUT2D eigenvalue weighted by Crippen LogP contribution is 2.17. The number of urea groups is 1. The molecule has 2 amide bonds. The zero-order valence-electron chi connectivity index (χ0n) is 13.2. The number of carbonyl (C=O) groups excluding carboxylic acids is 1. The summed E-state index contributed by atoms with van der Waals surface area (Å²) in [6, 6.07) is 5.69. The van der Waals surface area contributed by atoms with Gasteiger partial charge in [-0.25, -0.2) is 4.79 Å². The molecule has 0 aromatic heterocycles. The van der Waals surface area contributed by atoms with Crippen molar-refractivity contribution >= 4 is 11.7 Å². The molecule has 126 valence electrons. The van der Waals surface area contributed by atoms with Crippen molar-refractivity contribution in [3.63, 3.8) is 0 Å². The quantitative estimate of drug-likeness (QED) is 0.506. The largest absolute Gasteiger partial charge is 0.492 e. The van der Waals surface area contributed by atoms with Gasteiger partial charge in [0.05, 0.1) is 23.7 Å². The first kappa shape index (κ1) is 17.0. The Morgan fingerprint density at radius 2 is 1.96 bits per heavy atom. The lowest BCUT2D eigenvalue weighted by Gasteiger charge is -2.35. The van der Waals surface area contributed by atoms with E-state index < -0.39 is 4.92 Å². The molecule has 1 aromatic rings. The van der Waals surface area contributed by atoms with Crippen LogP contribution in [0.5, 0.6) is 5.75 Å². The number of nitrogens with zero attached hydrogens (tertiary/aromatic N) is 2. The van der Waals surface area contributed by atoms with Crippen LogP contribution in [0, 0.1) is 10.1 Å². The number of nitro groups is 1. The maximum Gasteiger partial charge on any atom is 0.317 e. The van der Waals surface area contributed by atoms with Gasteiger partial charge in [-0.05, 0) is 26.0 Å². The van der Waals surface area contributed by atoms with Gasteiger partial charge in [-0.3, -0.25) is 10.1 Å². The smallest absolute Gasteiger partial charge is 0.317 e. The van der Waals surface area contributed by atoms with Gasteiger partial charge in [0.25, 0.3) is 5.69 Å². The Kier molecular flexibility index (Phi) is 5.75. The lowest BCUT2D eigenvalue weighted by molar-refractivity contribution is -0.384. The molecule has 0 bridgehead atoms. The van der Waals surface area contributed by atoms with Gasteiger partial charge in [0.2, 0.25) is 0 Å². The predicted molar refractivity (Wildman–Crippen MR) is 83.6 cm³/mol.